The summed E-state index contributed by atoms with van der Waals surface area (Å²) in [6, 6.07) is 3.57. The number of nitrogens with one attached hydrogen (secondary N) is 1. The lowest BCUT2D eigenvalue weighted by atomic mass is 10.1. The maximum absolute atomic E-state index is 9.88. The molecule has 0 spiro atoms. The van der Waals surface area contributed by atoms with Crippen LogP contribution >= 0.6 is 15.9 Å². The van der Waals surface area contributed by atoms with Gasteiger partial charge in [0.15, 0.2) is 0 Å². The summed E-state index contributed by atoms with van der Waals surface area (Å²) in [7, 11) is 4.09. The van der Waals surface area contributed by atoms with E-state index in [1.807, 2.05) is 26.4 Å². The Balaban J connectivity index is 2.43. The van der Waals surface area contributed by atoms with Crippen LogP contribution in [-0.4, -0.2) is 35.6 Å². The van der Waals surface area contributed by atoms with Gasteiger partial charge in [-0.15, -0.1) is 0 Å². The number of hydrogen-bond acceptors (Lipinski definition) is 2. The van der Waals surface area contributed by atoms with Gasteiger partial charge >= 0.3 is 0 Å². The Bertz CT molecular complexity index is 505. The zero-order chi connectivity index (χ0) is 11.7. The van der Waals surface area contributed by atoms with Gasteiger partial charge in [-0.1, -0.05) is 0 Å². The number of halogens is 1. The highest BCUT2D eigenvalue weighted by Crippen LogP contribution is 2.33. The number of rotatable bonds is 3. The monoisotopic (exact) mass is 282 g/mol. The topological polar surface area (TPSA) is 39.3 Å². The molecule has 2 aromatic rings. The molecule has 0 aliphatic heterocycles. The summed E-state index contributed by atoms with van der Waals surface area (Å²) in [5, 5.41) is 10.8. The maximum Gasteiger partial charge on any atom is 0.125 e. The highest BCUT2D eigenvalue weighted by atomic mass is 79.9. The van der Waals surface area contributed by atoms with E-state index >= 15 is 0 Å². The summed E-state index contributed by atoms with van der Waals surface area (Å²) >= 11 is 3.47. The minimum absolute atomic E-state index is 0.341. The maximum atomic E-state index is 9.88. The molecule has 0 saturated heterocycles. The van der Waals surface area contributed by atoms with Crippen molar-refractivity contribution >= 4 is 26.8 Å². The number of fused-ring (bicyclic) bond motifs is 1. The highest BCUT2D eigenvalue weighted by Gasteiger charge is 2.10. The van der Waals surface area contributed by atoms with Gasteiger partial charge in [0.25, 0.3) is 0 Å². The molecule has 3 nitrogen and oxygen atoms in total. The third-order valence-electron chi connectivity index (χ3n) is 2.67. The fourth-order valence-electron chi connectivity index (χ4n) is 1.81. The van der Waals surface area contributed by atoms with Gasteiger partial charge in [0.05, 0.1) is 5.52 Å². The molecule has 1 heterocycles. The molecule has 1 aromatic heterocycles. The largest absolute Gasteiger partial charge is 0.507 e. The molecule has 0 aliphatic rings. The molecular formula is C12H15BrN2O. The molecule has 2 N–H and O–H groups in total. The van der Waals surface area contributed by atoms with Gasteiger partial charge in [0.2, 0.25) is 0 Å². The molecule has 0 bridgehead atoms. The molecule has 0 amide bonds. The summed E-state index contributed by atoms with van der Waals surface area (Å²) in [5.41, 5.74) is 2.12. The van der Waals surface area contributed by atoms with Gasteiger partial charge in [0.1, 0.15) is 5.75 Å². The Hall–Kier alpha value is -1.00. The second-order valence-electron chi connectivity index (χ2n) is 4.18. The van der Waals surface area contributed by atoms with E-state index in [1.54, 1.807) is 6.07 Å². The lowest BCUT2D eigenvalue weighted by molar-refractivity contribution is 0.414. The number of nitrogens with zero attached hydrogens (tertiary/aromatic N) is 1. The van der Waals surface area contributed by atoms with E-state index in [-0.39, 0.29) is 0 Å². The summed E-state index contributed by atoms with van der Waals surface area (Å²) in [6.45, 7) is 0.971. The van der Waals surface area contributed by atoms with Crippen molar-refractivity contribution in [3.05, 3.63) is 28.4 Å². The summed E-state index contributed by atoms with van der Waals surface area (Å²) < 4.78 is 0.983. The number of aromatic nitrogens is 1. The Morgan fingerprint density at radius 1 is 1.38 bits per heavy atom. The van der Waals surface area contributed by atoms with Gasteiger partial charge in [-0.2, -0.15) is 0 Å². The van der Waals surface area contributed by atoms with Gasteiger partial charge in [-0.3, -0.25) is 0 Å². The number of aromatic amines is 1. The number of hydrogen-bond donors (Lipinski definition) is 2. The Morgan fingerprint density at radius 3 is 2.81 bits per heavy atom. The van der Waals surface area contributed by atoms with E-state index in [9.17, 15) is 5.11 Å². The van der Waals surface area contributed by atoms with Crippen LogP contribution in [0.25, 0.3) is 10.9 Å². The molecule has 0 atom stereocenters. The van der Waals surface area contributed by atoms with E-state index in [0.29, 0.717) is 5.75 Å². The van der Waals surface area contributed by atoms with Crippen LogP contribution in [-0.2, 0) is 6.42 Å². The van der Waals surface area contributed by atoms with Crippen molar-refractivity contribution in [3.8, 4) is 5.75 Å². The zero-order valence-corrected chi connectivity index (χ0v) is 11.0. The van der Waals surface area contributed by atoms with Gasteiger partial charge in [0, 0.05) is 22.6 Å². The fraction of sp³-hybridized carbons (Fsp3) is 0.333. The van der Waals surface area contributed by atoms with Crippen molar-refractivity contribution in [2.75, 3.05) is 20.6 Å². The van der Waals surface area contributed by atoms with E-state index in [0.717, 1.165) is 33.9 Å². The normalized spacial score (nSPS) is 11.5. The molecule has 2 rings (SSSR count). The molecule has 16 heavy (non-hydrogen) atoms. The van der Waals surface area contributed by atoms with E-state index in [1.165, 1.54) is 0 Å². The van der Waals surface area contributed by atoms with Crippen LogP contribution in [0.3, 0.4) is 0 Å². The predicted molar refractivity (Wildman–Crippen MR) is 69.9 cm³/mol. The number of H-pyrrole nitrogens is 1. The Morgan fingerprint density at radius 2 is 2.12 bits per heavy atom. The van der Waals surface area contributed by atoms with Crippen LogP contribution in [0.5, 0.6) is 5.75 Å². The third-order valence-corrected chi connectivity index (χ3v) is 3.33. The average molecular weight is 283 g/mol. The molecule has 0 fully saturated rings. The zero-order valence-electron chi connectivity index (χ0n) is 9.42. The lowest BCUT2D eigenvalue weighted by Crippen LogP contribution is -2.14. The molecule has 0 unspecified atom stereocenters. The first-order chi connectivity index (χ1) is 7.59. The number of likely N-dealkylation sites (N-methyl/N-ethyl adjacent to an activating group) is 1. The first-order valence-corrected chi connectivity index (χ1v) is 6.01. The van der Waals surface area contributed by atoms with Crippen LogP contribution in [0.4, 0.5) is 0 Å². The minimum Gasteiger partial charge on any atom is -0.507 e. The van der Waals surface area contributed by atoms with Gasteiger partial charge in [-0.05, 0) is 54.1 Å². The van der Waals surface area contributed by atoms with Gasteiger partial charge in [-0.25, -0.2) is 0 Å². The predicted octanol–water partition coefficient (Wildman–Crippen LogP) is 2.74. The minimum atomic E-state index is 0.341. The third kappa shape index (κ3) is 2.08. The quantitative estimate of drug-likeness (QED) is 0.909. The first kappa shape index (κ1) is 11.5. The molecule has 4 heteroatoms. The van der Waals surface area contributed by atoms with Crippen LogP contribution < -0.4 is 0 Å². The molecular weight excluding hydrogens is 268 g/mol. The van der Waals surface area contributed by atoms with E-state index < -0.39 is 0 Å². The van der Waals surface area contributed by atoms with Crippen molar-refractivity contribution in [1.82, 2.24) is 9.88 Å². The molecule has 0 aliphatic carbocycles. The van der Waals surface area contributed by atoms with Crippen molar-refractivity contribution in [1.29, 1.82) is 0 Å². The smallest absolute Gasteiger partial charge is 0.125 e. The number of phenols is 1. The standard InChI is InChI=1S/C12H15BrN2O/c1-15(2)6-5-8-7-14-12-9(13)3-4-10(16)11(8)12/h3-4,7,14,16H,5-6H2,1-2H3. The average Bonchev–Trinajstić information content (AvgIpc) is 2.65. The lowest BCUT2D eigenvalue weighted by Gasteiger charge is -2.08. The van der Waals surface area contributed by atoms with Crippen LogP contribution in [0.1, 0.15) is 5.56 Å². The highest BCUT2D eigenvalue weighted by molar-refractivity contribution is 9.10. The van der Waals surface area contributed by atoms with Crippen LogP contribution in [0, 0.1) is 0 Å². The molecule has 0 saturated carbocycles. The van der Waals surface area contributed by atoms with Crippen molar-refractivity contribution < 1.29 is 5.11 Å². The van der Waals surface area contributed by atoms with E-state index in [2.05, 4.69) is 25.8 Å². The molecule has 0 radical (unpaired) electrons. The van der Waals surface area contributed by atoms with E-state index in [4.69, 9.17) is 0 Å². The van der Waals surface area contributed by atoms with Crippen LogP contribution in [0.15, 0.2) is 22.8 Å². The molecule has 86 valence electrons. The van der Waals surface area contributed by atoms with Crippen molar-refractivity contribution in [3.63, 3.8) is 0 Å². The summed E-state index contributed by atoms with van der Waals surface area (Å²) in [6.07, 6.45) is 2.90. The molecule has 1 aromatic carbocycles. The Kier molecular flexibility index (Phi) is 3.21. The van der Waals surface area contributed by atoms with Crippen molar-refractivity contribution in [2.45, 2.75) is 6.42 Å². The first-order valence-electron chi connectivity index (χ1n) is 5.21. The van der Waals surface area contributed by atoms with Gasteiger partial charge < -0.3 is 15.0 Å². The summed E-state index contributed by atoms with van der Waals surface area (Å²) in [4.78, 5) is 5.33. The van der Waals surface area contributed by atoms with Crippen LogP contribution in [0.2, 0.25) is 0 Å². The number of phenolic OH excluding ortho intramolecular Hbond substituents is 1. The summed E-state index contributed by atoms with van der Waals surface area (Å²) in [5.74, 6) is 0.341. The number of benzene rings is 1. The Labute approximate surface area is 103 Å². The SMILES string of the molecule is CN(C)CCc1c[nH]c2c(Br)ccc(O)c12. The second kappa shape index (κ2) is 4.47. The number of aromatic hydroxyl groups is 1. The second-order valence-corrected chi connectivity index (χ2v) is 5.04. The fourth-order valence-corrected chi connectivity index (χ4v) is 2.25. The van der Waals surface area contributed by atoms with Crippen molar-refractivity contribution in [2.24, 2.45) is 0 Å².